The lowest BCUT2D eigenvalue weighted by Gasteiger charge is -2.17. The largest absolute Gasteiger partial charge is 0.373 e. The summed E-state index contributed by atoms with van der Waals surface area (Å²) in [4.78, 5) is 11.6. The van der Waals surface area contributed by atoms with Crippen molar-refractivity contribution in [3.05, 3.63) is 65.2 Å². The first-order valence-electron chi connectivity index (χ1n) is 6.73. The molecule has 0 saturated heterocycles. The topological polar surface area (TPSA) is 55.1 Å². The highest BCUT2D eigenvalue weighted by Crippen LogP contribution is 2.16. The van der Waals surface area contributed by atoms with Gasteiger partial charge in [0.25, 0.3) is 0 Å². The Morgan fingerprint density at radius 2 is 1.80 bits per heavy atom. The first-order valence-corrected chi connectivity index (χ1v) is 6.73. The van der Waals surface area contributed by atoms with Crippen LogP contribution >= 0.6 is 0 Å². The lowest BCUT2D eigenvalue weighted by atomic mass is 10.0. The molecule has 3 heteroatoms. The fraction of sp³-hybridized carbons (Fsp3) is 0.235. The van der Waals surface area contributed by atoms with E-state index >= 15 is 0 Å². The Morgan fingerprint density at radius 3 is 2.40 bits per heavy atom. The number of hydrogen-bond donors (Lipinski definition) is 2. The molecule has 3 nitrogen and oxygen atoms in total. The maximum atomic E-state index is 11.6. The quantitative estimate of drug-likeness (QED) is 0.876. The van der Waals surface area contributed by atoms with E-state index in [-0.39, 0.29) is 5.91 Å². The maximum absolute atomic E-state index is 11.6. The molecule has 0 heterocycles. The molecule has 0 saturated carbocycles. The molecule has 0 fully saturated rings. The second-order valence-corrected chi connectivity index (χ2v) is 5.09. The van der Waals surface area contributed by atoms with Crippen LogP contribution in [0.4, 0.5) is 5.69 Å². The van der Waals surface area contributed by atoms with Crippen molar-refractivity contribution in [1.29, 1.82) is 0 Å². The third kappa shape index (κ3) is 3.60. The fourth-order valence-electron chi connectivity index (χ4n) is 2.10. The normalized spacial score (nSPS) is 11.9. The van der Waals surface area contributed by atoms with Gasteiger partial charge in [-0.05, 0) is 42.7 Å². The number of nitrogens with two attached hydrogens (primary N) is 1. The van der Waals surface area contributed by atoms with Crippen LogP contribution in [-0.2, 0) is 11.2 Å². The zero-order valence-electron chi connectivity index (χ0n) is 11.9. The van der Waals surface area contributed by atoms with Gasteiger partial charge in [0.15, 0.2) is 0 Å². The van der Waals surface area contributed by atoms with Gasteiger partial charge >= 0.3 is 0 Å². The van der Waals surface area contributed by atoms with Gasteiger partial charge in [0, 0.05) is 12.1 Å². The Labute approximate surface area is 119 Å². The molecule has 0 radical (unpaired) electrons. The molecule has 0 spiro atoms. The van der Waals surface area contributed by atoms with Gasteiger partial charge in [-0.25, -0.2) is 0 Å². The highest BCUT2D eigenvalue weighted by molar-refractivity contribution is 5.83. The maximum Gasteiger partial charge on any atom is 0.240 e. The van der Waals surface area contributed by atoms with Crippen molar-refractivity contribution in [3.8, 4) is 0 Å². The summed E-state index contributed by atoms with van der Waals surface area (Å²) in [6.07, 6.45) is 0.586. The van der Waals surface area contributed by atoms with Gasteiger partial charge in [0.05, 0.1) is 0 Å². The van der Waals surface area contributed by atoms with Crippen LogP contribution in [-0.4, -0.2) is 11.9 Å². The monoisotopic (exact) mass is 268 g/mol. The molecule has 0 aromatic heterocycles. The Kier molecular flexibility index (Phi) is 4.41. The number of carbonyl (C=O) groups excluding carboxylic acids is 1. The minimum absolute atomic E-state index is 0.341. The lowest BCUT2D eigenvalue weighted by Crippen LogP contribution is -2.37. The van der Waals surface area contributed by atoms with E-state index in [1.165, 1.54) is 11.1 Å². The fourth-order valence-corrected chi connectivity index (χ4v) is 2.10. The number of carbonyl (C=O) groups is 1. The van der Waals surface area contributed by atoms with E-state index < -0.39 is 6.04 Å². The van der Waals surface area contributed by atoms with Gasteiger partial charge < -0.3 is 11.1 Å². The van der Waals surface area contributed by atoms with Crippen LogP contribution in [0.2, 0.25) is 0 Å². The van der Waals surface area contributed by atoms with Crippen LogP contribution in [0.15, 0.2) is 48.5 Å². The van der Waals surface area contributed by atoms with Crippen molar-refractivity contribution in [2.45, 2.75) is 26.3 Å². The number of primary amides is 1. The molecular formula is C17H20N2O. The van der Waals surface area contributed by atoms with Crippen LogP contribution in [0.25, 0.3) is 0 Å². The summed E-state index contributed by atoms with van der Waals surface area (Å²) in [5, 5.41) is 3.22. The van der Waals surface area contributed by atoms with Gasteiger partial charge in [-0.2, -0.15) is 0 Å². The second kappa shape index (κ2) is 6.24. The average Bonchev–Trinajstić information content (AvgIpc) is 2.43. The van der Waals surface area contributed by atoms with E-state index in [4.69, 9.17) is 5.73 Å². The highest BCUT2D eigenvalue weighted by atomic mass is 16.1. The van der Waals surface area contributed by atoms with Crippen molar-refractivity contribution in [2.24, 2.45) is 5.73 Å². The van der Waals surface area contributed by atoms with Gasteiger partial charge in [0.2, 0.25) is 5.91 Å². The molecule has 1 amide bonds. The average molecular weight is 268 g/mol. The van der Waals surface area contributed by atoms with Crippen molar-refractivity contribution >= 4 is 11.6 Å². The highest BCUT2D eigenvalue weighted by Gasteiger charge is 2.15. The summed E-state index contributed by atoms with van der Waals surface area (Å²) in [5.74, 6) is -0.341. The first kappa shape index (κ1) is 14.1. The molecule has 0 bridgehead atoms. The molecule has 3 N–H and O–H groups in total. The van der Waals surface area contributed by atoms with Gasteiger partial charge in [-0.3, -0.25) is 4.79 Å². The van der Waals surface area contributed by atoms with Crippen molar-refractivity contribution in [2.75, 3.05) is 5.32 Å². The van der Waals surface area contributed by atoms with Crippen LogP contribution in [0, 0.1) is 13.8 Å². The number of amides is 1. The van der Waals surface area contributed by atoms with E-state index in [0.29, 0.717) is 6.42 Å². The summed E-state index contributed by atoms with van der Waals surface area (Å²) >= 11 is 0. The summed E-state index contributed by atoms with van der Waals surface area (Å²) in [7, 11) is 0. The van der Waals surface area contributed by atoms with Gasteiger partial charge in [0.1, 0.15) is 6.04 Å². The predicted octanol–water partition coefficient (Wildman–Crippen LogP) is 2.81. The van der Waals surface area contributed by atoms with E-state index in [2.05, 4.69) is 19.2 Å². The number of benzene rings is 2. The molecule has 1 unspecified atom stereocenters. The van der Waals surface area contributed by atoms with Crippen LogP contribution in [0.3, 0.4) is 0 Å². The smallest absolute Gasteiger partial charge is 0.240 e. The van der Waals surface area contributed by atoms with E-state index in [1.54, 1.807) is 0 Å². The molecule has 2 aromatic carbocycles. The van der Waals surface area contributed by atoms with Crippen molar-refractivity contribution in [1.82, 2.24) is 0 Å². The van der Waals surface area contributed by atoms with Gasteiger partial charge in [-0.15, -0.1) is 0 Å². The van der Waals surface area contributed by atoms with Crippen molar-refractivity contribution in [3.63, 3.8) is 0 Å². The molecular weight excluding hydrogens is 248 g/mol. The minimum atomic E-state index is -0.403. The standard InChI is InChI=1S/C17H20N2O/c1-12-8-9-15(10-13(12)2)19-16(17(18)20)11-14-6-4-3-5-7-14/h3-10,16,19H,11H2,1-2H3,(H2,18,20). The lowest BCUT2D eigenvalue weighted by molar-refractivity contribution is -0.118. The molecule has 1 atom stereocenters. The first-order chi connectivity index (χ1) is 9.56. The van der Waals surface area contributed by atoms with Crippen LogP contribution < -0.4 is 11.1 Å². The van der Waals surface area contributed by atoms with Crippen molar-refractivity contribution < 1.29 is 4.79 Å². The predicted molar refractivity (Wildman–Crippen MR) is 82.7 cm³/mol. The number of hydrogen-bond acceptors (Lipinski definition) is 2. The third-order valence-corrected chi connectivity index (χ3v) is 3.47. The summed E-state index contributed by atoms with van der Waals surface area (Å²) in [6, 6.07) is 15.5. The minimum Gasteiger partial charge on any atom is -0.373 e. The van der Waals surface area contributed by atoms with E-state index in [0.717, 1.165) is 11.3 Å². The van der Waals surface area contributed by atoms with Gasteiger partial charge in [-0.1, -0.05) is 36.4 Å². The molecule has 0 aliphatic heterocycles. The number of nitrogens with one attached hydrogen (secondary N) is 1. The number of anilines is 1. The van der Waals surface area contributed by atoms with Crippen LogP contribution in [0.1, 0.15) is 16.7 Å². The number of aryl methyl sites for hydroxylation is 2. The molecule has 2 rings (SSSR count). The Balaban J connectivity index is 2.13. The van der Waals surface area contributed by atoms with Crippen LogP contribution in [0.5, 0.6) is 0 Å². The molecule has 0 aliphatic carbocycles. The molecule has 20 heavy (non-hydrogen) atoms. The Bertz CT molecular complexity index is 593. The molecule has 104 valence electrons. The SMILES string of the molecule is Cc1ccc(NC(Cc2ccccc2)C(N)=O)cc1C. The Morgan fingerprint density at radius 1 is 1.10 bits per heavy atom. The van der Waals surface area contributed by atoms with E-state index in [1.807, 2.05) is 48.5 Å². The van der Waals surface area contributed by atoms with E-state index in [9.17, 15) is 4.79 Å². The summed E-state index contributed by atoms with van der Waals surface area (Å²) < 4.78 is 0. The molecule has 2 aromatic rings. The summed E-state index contributed by atoms with van der Waals surface area (Å²) in [5.41, 5.74) is 9.94. The molecule has 0 aliphatic rings. The number of rotatable bonds is 5. The zero-order chi connectivity index (χ0) is 14.5. The Hall–Kier alpha value is -2.29. The summed E-state index contributed by atoms with van der Waals surface area (Å²) in [6.45, 7) is 4.12. The zero-order valence-corrected chi connectivity index (χ0v) is 11.9. The second-order valence-electron chi connectivity index (χ2n) is 5.09. The third-order valence-electron chi connectivity index (χ3n) is 3.47.